The molecule has 68 heavy (non-hydrogen) atoms. The van der Waals surface area contributed by atoms with Gasteiger partial charge in [0.1, 0.15) is 0 Å². The van der Waals surface area contributed by atoms with Gasteiger partial charge in [-0.05, 0) is 111 Å². The minimum Gasteiger partial charge on any atom is -0.228 e. The number of aromatic nitrogens is 2. The van der Waals surface area contributed by atoms with Crippen molar-refractivity contribution in [3.63, 3.8) is 0 Å². The highest BCUT2D eigenvalue weighted by Crippen LogP contribution is 2.47. The minimum atomic E-state index is 0.697. The van der Waals surface area contributed by atoms with E-state index >= 15 is 0 Å². The van der Waals surface area contributed by atoms with Crippen molar-refractivity contribution >= 4 is 53.9 Å². The van der Waals surface area contributed by atoms with Crippen LogP contribution in [0.5, 0.6) is 0 Å². The van der Waals surface area contributed by atoms with Crippen molar-refractivity contribution in [3.05, 3.63) is 255 Å². The summed E-state index contributed by atoms with van der Waals surface area (Å²) in [7, 11) is 0. The summed E-state index contributed by atoms with van der Waals surface area (Å²) < 4.78 is 0. The number of nitrogens with zero attached hydrogens (tertiary/aromatic N) is 2. The van der Waals surface area contributed by atoms with E-state index in [-0.39, 0.29) is 0 Å². The summed E-state index contributed by atoms with van der Waals surface area (Å²) in [6, 6.07) is 92.0. The van der Waals surface area contributed by atoms with Crippen molar-refractivity contribution in [2.75, 3.05) is 0 Å². The predicted molar refractivity (Wildman–Crippen MR) is 288 cm³/mol. The van der Waals surface area contributed by atoms with Crippen molar-refractivity contribution in [1.82, 2.24) is 9.97 Å². The monoisotopic (exact) mass is 862 g/mol. The first-order valence-electron chi connectivity index (χ1n) is 23.3. The van der Waals surface area contributed by atoms with Crippen molar-refractivity contribution in [2.24, 2.45) is 0 Å². The summed E-state index contributed by atoms with van der Waals surface area (Å²) in [6.07, 6.45) is 0. The van der Waals surface area contributed by atoms with E-state index in [1.54, 1.807) is 0 Å². The first-order valence-corrected chi connectivity index (χ1v) is 23.3. The van der Waals surface area contributed by atoms with Gasteiger partial charge in [-0.3, -0.25) is 0 Å². The van der Waals surface area contributed by atoms with E-state index in [1.807, 2.05) is 18.2 Å². The molecule has 0 aliphatic rings. The lowest BCUT2D eigenvalue weighted by atomic mass is 9.83. The van der Waals surface area contributed by atoms with E-state index < -0.39 is 0 Å². The Kier molecular flexibility index (Phi) is 9.54. The van der Waals surface area contributed by atoms with Crippen LogP contribution in [-0.2, 0) is 0 Å². The molecule has 0 N–H and O–H groups in total. The van der Waals surface area contributed by atoms with Crippen molar-refractivity contribution in [3.8, 4) is 78.4 Å². The molecule has 0 unspecified atom stereocenters. The van der Waals surface area contributed by atoms with Crippen molar-refractivity contribution in [2.45, 2.75) is 0 Å². The van der Waals surface area contributed by atoms with Crippen LogP contribution in [0.4, 0.5) is 0 Å². The van der Waals surface area contributed by atoms with Crippen LogP contribution in [0, 0.1) is 0 Å². The molecule has 0 atom stereocenters. The summed E-state index contributed by atoms with van der Waals surface area (Å²) >= 11 is 0. The molecule has 316 valence electrons. The maximum Gasteiger partial charge on any atom is 0.160 e. The Bertz CT molecular complexity index is 4060. The van der Waals surface area contributed by atoms with Crippen molar-refractivity contribution < 1.29 is 0 Å². The molecule has 0 spiro atoms. The van der Waals surface area contributed by atoms with E-state index in [1.165, 1.54) is 81.9 Å². The van der Waals surface area contributed by atoms with E-state index in [4.69, 9.17) is 9.97 Å². The molecule has 1 aromatic heterocycles. The van der Waals surface area contributed by atoms with Gasteiger partial charge in [-0.1, -0.05) is 243 Å². The Morgan fingerprint density at radius 2 is 0.706 bits per heavy atom. The smallest absolute Gasteiger partial charge is 0.160 e. The first kappa shape index (κ1) is 39.4. The molecular weight excluding hydrogens is 821 g/mol. The summed E-state index contributed by atoms with van der Waals surface area (Å²) in [5.74, 6) is 0.697. The molecule has 0 aliphatic carbocycles. The molecular formula is C66H42N2. The van der Waals surface area contributed by atoms with Crippen LogP contribution >= 0.6 is 0 Å². The maximum atomic E-state index is 5.30. The predicted octanol–water partition coefficient (Wildman–Crippen LogP) is 17.9. The fraction of sp³-hybridized carbons (Fsp3) is 0. The number of fused-ring (bicyclic) bond motifs is 6. The molecule has 2 heteroatoms. The largest absolute Gasteiger partial charge is 0.228 e. The van der Waals surface area contributed by atoms with Gasteiger partial charge < -0.3 is 0 Å². The summed E-state index contributed by atoms with van der Waals surface area (Å²) in [5, 5.41) is 12.3. The molecule has 13 aromatic rings. The van der Waals surface area contributed by atoms with Gasteiger partial charge in [0.05, 0.1) is 11.4 Å². The highest BCUT2D eigenvalue weighted by Gasteiger charge is 2.20. The maximum absolute atomic E-state index is 5.30. The third kappa shape index (κ3) is 6.73. The van der Waals surface area contributed by atoms with Gasteiger partial charge in [-0.25, -0.2) is 9.97 Å². The lowest BCUT2D eigenvalue weighted by molar-refractivity contribution is 1.18. The van der Waals surface area contributed by atoms with Gasteiger partial charge in [-0.2, -0.15) is 0 Å². The summed E-state index contributed by atoms with van der Waals surface area (Å²) in [6.45, 7) is 0. The molecule has 0 aliphatic heterocycles. The Morgan fingerprint density at radius 1 is 0.221 bits per heavy atom. The Labute approximate surface area is 395 Å². The molecule has 1 heterocycles. The topological polar surface area (TPSA) is 25.8 Å². The third-order valence-electron chi connectivity index (χ3n) is 13.7. The molecule has 0 amide bonds. The van der Waals surface area contributed by atoms with Crippen molar-refractivity contribution in [1.29, 1.82) is 0 Å². The third-order valence-corrected chi connectivity index (χ3v) is 13.7. The fourth-order valence-corrected chi connectivity index (χ4v) is 10.5. The highest BCUT2D eigenvalue weighted by molar-refractivity contribution is 6.28. The first-order chi connectivity index (χ1) is 33.7. The second-order valence-corrected chi connectivity index (χ2v) is 17.6. The van der Waals surface area contributed by atoms with Gasteiger partial charge in [0.2, 0.25) is 0 Å². The van der Waals surface area contributed by atoms with Crippen LogP contribution in [0.25, 0.3) is 132 Å². The van der Waals surface area contributed by atoms with Crippen LogP contribution in [-0.4, -0.2) is 9.97 Å². The second kappa shape index (κ2) is 16.5. The average molecular weight is 863 g/mol. The average Bonchev–Trinajstić information content (AvgIpc) is 3.42. The van der Waals surface area contributed by atoms with E-state index in [2.05, 4.69) is 237 Å². The Balaban J connectivity index is 0.940. The summed E-state index contributed by atoms with van der Waals surface area (Å²) in [4.78, 5) is 10.5. The standard InChI is InChI=1S/C66H42N2/c1-3-19-46(20-4-1)64-59-31-14-13-30-58(59)63(60-38-37-44-18-8-10-27-54(44)65(60)64)47-35-33-45(34-36-47)53-39-40-57(56-29-12-11-28-55(53)56)62-42-61(67-66(68-62)48-21-5-2-6-22-48)50-25-15-24-49(41-50)52-32-16-23-43-17-7-9-26-51(43)52/h1-42H. The van der Waals surface area contributed by atoms with Gasteiger partial charge in [0.15, 0.2) is 5.82 Å². The van der Waals surface area contributed by atoms with Crippen LogP contribution in [0.1, 0.15) is 0 Å². The van der Waals surface area contributed by atoms with Crippen LogP contribution in [0.15, 0.2) is 255 Å². The van der Waals surface area contributed by atoms with Gasteiger partial charge >= 0.3 is 0 Å². The normalized spacial score (nSPS) is 11.5. The van der Waals surface area contributed by atoms with E-state index in [0.717, 1.165) is 44.6 Å². The number of rotatable bonds is 7. The van der Waals surface area contributed by atoms with Gasteiger partial charge in [-0.15, -0.1) is 0 Å². The SMILES string of the molecule is c1ccc(-c2nc(-c3cccc(-c4cccc5ccccc45)c3)cc(-c3ccc(-c4ccc(-c5c6ccccc6c(-c6ccccc6)c6c5ccc5ccccc56)cc4)c4ccccc34)n2)cc1. The van der Waals surface area contributed by atoms with Gasteiger partial charge in [0.25, 0.3) is 0 Å². The summed E-state index contributed by atoms with van der Waals surface area (Å²) in [5.41, 5.74) is 14.5. The Morgan fingerprint density at radius 3 is 1.46 bits per heavy atom. The zero-order valence-corrected chi connectivity index (χ0v) is 37.1. The van der Waals surface area contributed by atoms with Crippen LogP contribution in [0.2, 0.25) is 0 Å². The lowest BCUT2D eigenvalue weighted by Gasteiger charge is -2.19. The fourth-order valence-electron chi connectivity index (χ4n) is 10.5. The zero-order valence-electron chi connectivity index (χ0n) is 37.1. The molecule has 0 radical (unpaired) electrons. The molecule has 2 nitrogen and oxygen atoms in total. The number of benzene rings is 12. The van der Waals surface area contributed by atoms with Gasteiger partial charge in [0, 0.05) is 16.7 Å². The van der Waals surface area contributed by atoms with E-state index in [9.17, 15) is 0 Å². The molecule has 13 rings (SSSR count). The number of hydrogen-bond acceptors (Lipinski definition) is 2. The minimum absolute atomic E-state index is 0.697. The van der Waals surface area contributed by atoms with E-state index in [0.29, 0.717) is 5.82 Å². The van der Waals surface area contributed by atoms with Crippen LogP contribution in [0.3, 0.4) is 0 Å². The Hall–Kier alpha value is -8.98. The van der Waals surface area contributed by atoms with Crippen LogP contribution < -0.4 is 0 Å². The molecule has 0 saturated heterocycles. The second-order valence-electron chi connectivity index (χ2n) is 17.6. The molecule has 0 fully saturated rings. The number of hydrogen-bond donors (Lipinski definition) is 0. The lowest BCUT2D eigenvalue weighted by Crippen LogP contribution is -1.97. The highest BCUT2D eigenvalue weighted by atomic mass is 14.9. The molecule has 12 aromatic carbocycles. The zero-order chi connectivity index (χ0) is 45.0. The molecule has 0 bridgehead atoms. The quantitative estimate of drug-likeness (QED) is 0.118. The molecule has 0 saturated carbocycles.